The highest BCUT2D eigenvalue weighted by molar-refractivity contribution is 7.07. The van der Waals surface area contributed by atoms with Crippen LogP contribution in [-0.4, -0.2) is 44.6 Å². The van der Waals surface area contributed by atoms with Crippen molar-refractivity contribution in [2.75, 3.05) is 13.1 Å². The normalized spacial score (nSPS) is 20.3. The van der Waals surface area contributed by atoms with Gasteiger partial charge in [0, 0.05) is 13.1 Å². The van der Waals surface area contributed by atoms with Gasteiger partial charge in [-0.1, -0.05) is 4.49 Å². The van der Waals surface area contributed by atoms with E-state index in [-0.39, 0.29) is 12.5 Å². The number of carboxylic acids is 1. The summed E-state index contributed by atoms with van der Waals surface area (Å²) >= 11 is 1.06. The molecular formula is C10H13N3O3S. The Hall–Kier alpha value is -1.50. The molecular weight excluding hydrogens is 242 g/mol. The fourth-order valence-electron chi connectivity index (χ4n) is 1.93. The summed E-state index contributed by atoms with van der Waals surface area (Å²) in [6, 6.07) is 0. The molecule has 1 aliphatic heterocycles. The molecule has 2 heterocycles. The molecule has 1 saturated heterocycles. The number of aromatic nitrogens is 2. The first-order chi connectivity index (χ1) is 8.09. The van der Waals surface area contributed by atoms with E-state index in [1.165, 1.54) is 0 Å². The maximum atomic E-state index is 12.1. The fourth-order valence-corrected chi connectivity index (χ4v) is 2.56. The second-order valence-corrected chi connectivity index (χ2v) is 4.87. The summed E-state index contributed by atoms with van der Waals surface area (Å²) in [5, 5.41) is 12.8. The molecule has 0 radical (unpaired) electrons. The molecule has 1 atom stereocenters. The van der Waals surface area contributed by atoms with E-state index in [9.17, 15) is 9.59 Å². The van der Waals surface area contributed by atoms with Crippen molar-refractivity contribution in [1.82, 2.24) is 14.5 Å². The van der Waals surface area contributed by atoms with Gasteiger partial charge in [-0.25, -0.2) is 0 Å². The van der Waals surface area contributed by atoms with Gasteiger partial charge in [0.1, 0.15) is 4.88 Å². The highest BCUT2D eigenvalue weighted by Crippen LogP contribution is 2.20. The molecule has 6 nitrogen and oxygen atoms in total. The number of carboxylic acid groups (broad SMARTS) is 1. The highest BCUT2D eigenvalue weighted by Gasteiger charge is 2.30. The van der Waals surface area contributed by atoms with Crippen LogP contribution in [0.25, 0.3) is 0 Å². The van der Waals surface area contributed by atoms with Crippen LogP contribution in [0.3, 0.4) is 0 Å². The van der Waals surface area contributed by atoms with Crippen LogP contribution in [0.5, 0.6) is 0 Å². The molecule has 1 N–H and O–H groups in total. The van der Waals surface area contributed by atoms with E-state index in [2.05, 4.69) is 9.59 Å². The molecule has 2 rings (SSSR count). The van der Waals surface area contributed by atoms with E-state index in [1.54, 1.807) is 11.8 Å². The Balaban J connectivity index is 2.10. The zero-order valence-corrected chi connectivity index (χ0v) is 10.2. The number of rotatable bonds is 2. The van der Waals surface area contributed by atoms with Crippen molar-refractivity contribution in [2.45, 2.75) is 19.8 Å². The van der Waals surface area contributed by atoms with Gasteiger partial charge in [0.05, 0.1) is 11.6 Å². The first-order valence-corrected chi connectivity index (χ1v) is 6.18. The summed E-state index contributed by atoms with van der Waals surface area (Å²) in [6.07, 6.45) is 1.37. The third kappa shape index (κ3) is 2.44. The van der Waals surface area contributed by atoms with Gasteiger partial charge in [0.25, 0.3) is 5.91 Å². The number of carbonyl (C=O) groups excluding carboxylic acids is 1. The van der Waals surface area contributed by atoms with Crippen molar-refractivity contribution in [3.63, 3.8) is 0 Å². The Morgan fingerprint density at radius 2 is 2.29 bits per heavy atom. The average Bonchev–Trinajstić information content (AvgIpc) is 2.74. The van der Waals surface area contributed by atoms with Gasteiger partial charge in [0.2, 0.25) is 0 Å². The Morgan fingerprint density at radius 3 is 2.88 bits per heavy atom. The van der Waals surface area contributed by atoms with Crippen molar-refractivity contribution < 1.29 is 14.7 Å². The van der Waals surface area contributed by atoms with E-state index in [0.717, 1.165) is 18.0 Å². The van der Waals surface area contributed by atoms with Gasteiger partial charge >= 0.3 is 5.97 Å². The number of aryl methyl sites for hydroxylation is 1. The molecule has 0 aliphatic carbocycles. The lowest BCUT2D eigenvalue weighted by Gasteiger charge is -2.30. The number of hydrogen-bond acceptors (Lipinski definition) is 5. The topological polar surface area (TPSA) is 83.4 Å². The Bertz CT molecular complexity index is 446. The number of aliphatic carboxylic acids is 1. The van der Waals surface area contributed by atoms with Crippen LogP contribution >= 0.6 is 11.5 Å². The minimum Gasteiger partial charge on any atom is -0.481 e. The largest absolute Gasteiger partial charge is 0.481 e. The molecule has 1 amide bonds. The van der Waals surface area contributed by atoms with Crippen LogP contribution in [0.2, 0.25) is 0 Å². The third-order valence-electron chi connectivity index (χ3n) is 2.90. The summed E-state index contributed by atoms with van der Waals surface area (Å²) in [4.78, 5) is 25.1. The van der Waals surface area contributed by atoms with Crippen LogP contribution in [0, 0.1) is 12.8 Å². The number of piperidine rings is 1. The van der Waals surface area contributed by atoms with Crippen molar-refractivity contribution in [3.05, 3.63) is 10.6 Å². The Morgan fingerprint density at radius 1 is 1.53 bits per heavy atom. The zero-order valence-electron chi connectivity index (χ0n) is 9.42. The quantitative estimate of drug-likeness (QED) is 0.844. The molecule has 0 aromatic carbocycles. The molecule has 92 valence electrons. The minimum absolute atomic E-state index is 0.150. The van der Waals surface area contributed by atoms with Crippen LogP contribution in [-0.2, 0) is 4.79 Å². The maximum absolute atomic E-state index is 12.1. The Kier molecular flexibility index (Phi) is 3.37. The van der Waals surface area contributed by atoms with Gasteiger partial charge < -0.3 is 10.0 Å². The van der Waals surface area contributed by atoms with E-state index in [0.29, 0.717) is 23.5 Å². The SMILES string of the molecule is Cc1nnsc1C(=O)N1CCC[C@H](C(=O)O)C1. The fraction of sp³-hybridized carbons (Fsp3) is 0.600. The summed E-state index contributed by atoms with van der Waals surface area (Å²) in [5.74, 6) is -1.43. The van der Waals surface area contributed by atoms with Crippen molar-refractivity contribution >= 4 is 23.4 Å². The lowest BCUT2D eigenvalue weighted by Crippen LogP contribution is -2.42. The van der Waals surface area contributed by atoms with Gasteiger partial charge in [-0.15, -0.1) is 5.10 Å². The van der Waals surface area contributed by atoms with Crippen LogP contribution in [0.15, 0.2) is 0 Å². The second-order valence-electron chi connectivity index (χ2n) is 4.12. The third-order valence-corrected chi connectivity index (χ3v) is 3.72. The molecule has 1 aromatic rings. The molecule has 0 spiro atoms. The lowest BCUT2D eigenvalue weighted by atomic mass is 9.98. The number of likely N-dealkylation sites (tertiary alicyclic amines) is 1. The molecule has 0 unspecified atom stereocenters. The maximum Gasteiger partial charge on any atom is 0.308 e. The standard InChI is InChI=1S/C10H13N3O3S/c1-6-8(17-12-11-6)9(14)13-4-2-3-7(5-13)10(15)16/h7H,2-5H2,1H3,(H,15,16)/t7-/m0/s1. The van der Waals surface area contributed by atoms with Gasteiger partial charge in [-0.2, -0.15) is 0 Å². The molecule has 1 aromatic heterocycles. The number of hydrogen-bond donors (Lipinski definition) is 1. The zero-order chi connectivity index (χ0) is 12.4. The smallest absolute Gasteiger partial charge is 0.308 e. The molecule has 1 fully saturated rings. The van der Waals surface area contributed by atoms with E-state index in [4.69, 9.17) is 5.11 Å². The summed E-state index contributed by atoms with van der Waals surface area (Å²) in [7, 11) is 0. The minimum atomic E-state index is -0.832. The first kappa shape index (κ1) is 12.0. The van der Waals surface area contributed by atoms with Crippen molar-refractivity contribution in [2.24, 2.45) is 5.92 Å². The molecule has 0 saturated carbocycles. The van der Waals surface area contributed by atoms with Crippen LogP contribution < -0.4 is 0 Å². The molecule has 1 aliphatic rings. The van der Waals surface area contributed by atoms with Crippen molar-refractivity contribution in [1.29, 1.82) is 0 Å². The summed E-state index contributed by atoms with van der Waals surface area (Å²) in [5.41, 5.74) is 0.609. The number of carbonyl (C=O) groups is 2. The summed E-state index contributed by atoms with van der Waals surface area (Å²) < 4.78 is 3.72. The predicted molar refractivity (Wildman–Crippen MR) is 60.9 cm³/mol. The Labute approximate surface area is 102 Å². The van der Waals surface area contributed by atoms with Crippen molar-refractivity contribution in [3.8, 4) is 0 Å². The van der Waals surface area contributed by atoms with Gasteiger partial charge in [0.15, 0.2) is 0 Å². The number of amides is 1. The molecule has 7 heteroatoms. The van der Waals surface area contributed by atoms with E-state index < -0.39 is 11.9 Å². The monoisotopic (exact) mass is 255 g/mol. The second kappa shape index (κ2) is 4.79. The van der Waals surface area contributed by atoms with E-state index >= 15 is 0 Å². The highest BCUT2D eigenvalue weighted by atomic mass is 32.1. The van der Waals surface area contributed by atoms with E-state index in [1.807, 2.05) is 0 Å². The first-order valence-electron chi connectivity index (χ1n) is 5.40. The van der Waals surface area contributed by atoms with Crippen LogP contribution in [0.1, 0.15) is 28.2 Å². The molecule has 0 bridgehead atoms. The summed E-state index contributed by atoms with van der Waals surface area (Å²) in [6.45, 7) is 2.63. The van der Waals surface area contributed by atoms with Crippen LogP contribution in [0.4, 0.5) is 0 Å². The van der Waals surface area contributed by atoms with Gasteiger partial charge in [-0.05, 0) is 31.3 Å². The van der Waals surface area contributed by atoms with Gasteiger partial charge in [-0.3, -0.25) is 9.59 Å². The predicted octanol–water partition coefficient (Wildman–Crippen LogP) is 0.783. The lowest BCUT2D eigenvalue weighted by molar-refractivity contribution is -0.143. The average molecular weight is 255 g/mol. The number of nitrogens with zero attached hydrogens (tertiary/aromatic N) is 3. The molecule has 17 heavy (non-hydrogen) atoms.